The zero-order chi connectivity index (χ0) is 45.1. The van der Waals surface area contributed by atoms with E-state index in [-0.39, 0.29) is 52.6 Å². The van der Waals surface area contributed by atoms with Crippen LogP contribution in [-0.4, -0.2) is 56.3 Å². The summed E-state index contributed by atoms with van der Waals surface area (Å²) in [6.07, 6.45) is 16.0. The predicted octanol–water partition coefficient (Wildman–Crippen LogP) is 12.2. The number of ether oxygens (including phenoxy) is 2. The maximum Gasteiger partial charge on any atom is 3.00 e. The smallest absolute Gasteiger partial charge is 0.659 e. The molecule has 0 spiro atoms. The summed E-state index contributed by atoms with van der Waals surface area (Å²) in [4.78, 5) is 38.8. The van der Waals surface area contributed by atoms with E-state index >= 15 is 0 Å². The third-order valence-electron chi connectivity index (χ3n) is 13.3. The van der Waals surface area contributed by atoms with Gasteiger partial charge < -0.3 is 29.4 Å². The number of nitrogens with zero attached hydrogens (tertiary/aromatic N) is 7. The van der Waals surface area contributed by atoms with Crippen molar-refractivity contribution in [2.45, 2.75) is 118 Å². The Balaban J connectivity index is 0.000000562. The molecule has 8 bridgehead atoms. The molecule has 6 aromatic rings. The molecule has 1 radical (unpaired) electrons. The molecule has 4 aromatic heterocycles. The van der Waals surface area contributed by atoms with E-state index in [2.05, 4.69) is 121 Å². The van der Waals surface area contributed by atoms with Crippen molar-refractivity contribution in [2.24, 2.45) is 20.0 Å². The summed E-state index contributed by atoms with van der Waals surface area (Å²) in [6, 6.07) is 25.1. The molecule has 1 N–H and O–H groups in total. The molecule has 0 amide bonds. The van der Waals surface area contributed by atoms with Gasteiger partial charge in [0, 0.05) is 56.2 Å². The van der Waals surface area contributed by atoms with Crippen molar-refractivity contribution >= 4 is 47.6 Å². The number of aromatic amines is 1. The van der Waals surface area contributed by atoms with Crippen LogP contribution in [-0.2, 0) is 20.3 Å². The summed E-state index contributed by atoms with van der Waals surface area (Å²) in [7, 11) is 0. The van der Waals surface area contributed by atoms with Gasteiger partial charge in [-0.3, -0.25) is 20.0 Å². The summed E-state index contributed by atoms with van der Waals surface area (Å²) in [6.45, 7) is 21.3. The van der Waals surface area contributed by atoms with Crippen LogP contribution in [0.25, 0.3) is 0 Å². The Morgan fingerprint density at radius 3 is 1.12 bits per heavy atom. The van der Waals surface area contributed by atoms with E-state index < -0.39 is 0 Å². The third-order valence-corrected chi connectivity index (χ3v) is 13.3. The minimum atomic E-state index is -0.345. The van der Waals surface area contributed by atoms with Crippen LogP contribution >= 0.6 is 0 Å². The quantitative estimate of drug-likeness (QED) is 0.188. The van der Waals surface area contributed by atoms with Gasteiger partial charge in [0.25, 0.3) is 0 Å². The second kappa shape index (κ2) is 23.3. The minimum absolute atomic E-state index is 0. The molecule has 10 nitrogen and oxygen atoms in total. The summed E-state index contributed by atoms with van der Waals surface area (Å²) >= 11 is 0. The first-order valence-electron chi connectivity index (χ1n) is 23.3. The van der Waals surface area contributed by atoms with E-state index in [9.17, 15) is 0 Å². The van der Waals surface area contributed by atoms with Crippen LogP contribution in [0.3, 0.4) is 0 Å². The molecule has 2 saturated heterocycles. The molecule has 9 rings (SSSR count). The van der Waals surface area contributed by atoms with Gasteiger partial charge in [-0.2, -0.15) is 11.4 Å². The van der Waals surface area contributed by atoms with Crippen LogP contribution in [0.1, 0.15) is 147 Å². The van der Waals surface area contributed by atoms with E-state index in [0.717, 1.165) is 143 Å². The maximum absolute atomic E-state index is 5.12. The summed E-state index contributed by atoms with van der Waals surface area (Å²) in [5.74, 6) is 0. The Labute approximate surface area is 420 Å². The molecule has 65 heavy (non-hydrogen) atoms. The molecule has 0 aliphatic carbocycles. The Bertz CT molecular complexity index is 2230. The van der Waals surface area contributed by atoms with Gasteiger partial charge in [-0.25, -0.2) is 0 Å². The average molecular weight is 998 g/mol. The fourth-order valence-corrected chi connectivity index (χ4v) is 8.70. The Kier molecular flexibility index (Phi) is 17.9. The SMILES string of the molecule is C1CCOC1.C1CCOC1.CCC1(CC)c2ccc([n-]2)C=Nc2cc(C)c(C)cc2N=Cc2ccc([n-]2)C(CC)(CC)c2ccc([nH]2)C=Nc2cc(C)c(C)cc2N=Cc2ccc1[n-]2.[Ce+3]. The Morgan fingerprint density at radius 2 is 0.800 bits per heavy atom. The van der Waals surface area contributed by atoms with Crippen LogP contribution in [0.5, 0.6) is 0 Å². The van der Waals surface area contributed by atoms with E-state index in [0.29, 0.717) is 0 Å². The molecule has 3 aliphatic rings. The van der Waals surface area contributed by atoms with E-state index in [1.807, 2.05) is 37.0 Å². The molecule has 2 fully saturated rings. The van der Waals surface area contributed by atoms with Crippen molar-refractivity contribution in [1.82, 2.24) is 19.9 Å². The van der Waals surface area contributed by atoms with Gasteiger partial charge in [0.1, 0.15) is 0 Å². The Morgan fingerprint density at radius 1 is 0.462 bits per heavy atom. The number of benzene rings is 2. The van der Waals surface area contributed by atoms with Crippen molar-refractivity contribution in [1.29, 1.82) is 0 Å². The van der Waals surface area contributed by atoms with Crippen molar-refractivity contribution in [3.8, 4) is 0 Å². The number of nitrogens with one attached hydrogen (secondary N) is 1. The van der Waals surface area contributed by atoms with Crippen LogP contribution < -0.4 is 15.0 Å². The van der Waals surface area contributed by atoms with E-state index in [1.54, 1.807) is 0 Å². The normalized spacial score (nSPS) is 16.1. The van der Waals surface area contributed by atoms with Crippen LogP contribution in [0.4, 0.5) is 22.7 Å². The standard InChI is InChI=1S/C46H49N8.2C4H8O.Ce/c1-9-45(10-2)41-17-13-33(51-41)25-47-37-21-29(5)31(7)23-39(37)49-27-35-15-19-43(53-35)46(11-3,12-4)44-20-16-36(54-44)28-50-40-24-32(8)30(6)22-38(40)48-26-34-14-18-42(45)52-34;2*1-2-4-5-3-1;/h13-28,51H,9-12H2,1-8H3;2*1-4H2;/q-3;;;+3. The Hall–Kier alpha value is -4.46. The summed E-state index contributed by atoms with van der Waals surface area (Å²) in [5, 5.41) is 0. The number of rotatable bonds is 4. The molecule has 0 saturated carbocycles. The molecule has 2 aromatic carbocycles. The zero-order valence-corrected chi connectivity index (χ0v) is 42.8. The van der Waals surface area contributed by atoms with Gasteiger partial charge in [-0.1, -0.05) is 64.1 Å². The molecule has 11 heteroatoms. The van der Waals surface area contributed by atoms with Crippen LogP contribution in [0.15, 0.2) is 92.8 Å². The summed E-state index contributed by atoms with van der Waals surface area (Å²) < 4.78 is 9.89. The number of aromatic nitrogens is 4. The van der Waals surface area contributed by atoms with Gasteiger partial charge >= 0.3 is 41.7 Å². The molecule has 0 atom stereocenters. The fourth-order valence-electron chi connectivity index (χ4n) is 8.70. The van der Waals surface area contributed by atoms with Crippen molar-refractivity contribution in [3.05, 3.63) is 141 Å². The van der Waals surface area contributed by atoms with Crippen molar-refractivity contribution < 1.29 is 51.2 Å². The van der Waals surface area contributed by atoms with Gasteiger partial charge in [0.2, 0.25) is 0 Å². The average Bonchev–Trinajstić information content (AvgIpc) is 4.17. The third kappa shape index (κ3) is 11.7. The molecule has 7 heterocycles. The topological polar surface area (TPSA) is 126 Å². The van der Waals surface area contributed by atoms with Crippen LogP contribution in [0, 0.1) is 69.4 Å². The number of hydrogen-bond acceptors (Lipinski definition) is 6. The molecular formula is C54H65CeN8O2. The van der Waals surface area contributed by atoms with Crippen LogP contribution in [0.2, 0.25) is 0 Å². The van der Waals surface area contributed by atoms with Crippen molar-refractivity contribution in [2.75, 3.05) is 26.4 Å². The zero-order valence-electron chi connectivity index (χ0n) is 39.7. The first-order valence-corrected chi connectivity index (χ1v) is 23.3. The largest absolute Gasteiger partial charge is 3.00 e. The number of H-pyrrole nitrogens is 1. The van der Waals surface area contributed by atoms with E-state index in [4.69, 9.17) is 44.4 Å². The van der Waals surface area contributed by atoms with E-state index in [1.165, 1.54) is 25.7 Å². The van der Waals surface area contributed by atoms with Crippen molar-refractivity contribution in [3.63, 3.8) is 0 Å². The number of fused-ring (bicyclic) bond motifs is 10. The minimum Gasteiger partial charge on any atom is -0.659 e. The fraction of sp³-hybridized carbons (Fsp3) is 0.407. The maximum atomic E-state index is 5.12. The monoisotopic (exact) mass is 997 g/mol. The second-order valence-corrected chi connectivity index (χ2v) is 17.2. The van der Waals surface area contributed by atoms with Gasteiger partial charge in [-0.15, -0.1) is 22.8 Å². The number of hydrogen-bond donors (Lipinski definition) is 1. The number of aryl methyl sites for hydroxylation is 4. The molecular weight excluding hydrogens is 933 g/mol. The summed E-state index contributed by atoms with van der Waals surface area (Å²) in [5.41, 5.74) is 14.6. The van der Waals surface area contributed by atoms with Gasteiger partial charge in [0.15, 0.2) is 0 Å². The second-order valence-electron chi connectivity index (χ2n) is 17.2. The van der Waals surface area contributed by atoms with Gasteiger partial charge in [-0.05, 0) is 143 Å². The molecule has 0 unspecified atom stereocenters. The first kappa shape index (κ1) is 50.0. The molecule has 3 aliphatic heterocycles. The van der Waals surface area contributed by atoms with Gasteiger partial charge in [0.05, 0.1) is 34.7 Å². The predicted molar refractivity (Wildman–Crippen MR) is 264 cm³/mol. The first-order chi connectivity index (χ1) is 31.1. The number of aliphatic imine (C=N–C) groups is 4. The molecule has 337 valence electrons.